The Morgan fingerprint density at radius 3 is 2.28 bits per heavy atom. The highest BCUT2D eigenvalue weighted by atomic mass is 19.1. The Kier molecular flexibility index (Phi) is 4.99. The second kappa shape index (κ2) is 7.53. The van der Waals surface area contributed by atoms with Crippen molar-refractivity contribution in [3.63, 3.8) is 0 Å². The lowest BCUT2D eigenvalue weighted by atomic mass is 10.1. The molecule has 0 saturated carbocycles. The van der Waals surface area contributed by atoms with Gasteiger partial charge in [0.2, 0.25) is 0 Å². The van der Waals surface area contributed by atoms with Crippen molar-refractivity contribution >= 4 is 11.8 Å². The van der Waals surface area contributed by atoms with Crippen LogP contribution in [-0.4, -0.2) is 11.1 Å². The Morgan fingerprint density at radius 1 is 1.00 bits per heavy atom. The highest BCUT2D eigenvalue weighted by Gasteiger charge is 2.14. The number of ether oxygens (including phenoxy) is 1. The maximum absolute atomic E-state index is 14.2. The summed E-state index contributed by atoms with van der Waals surface area (Å²) in [6, 6.07) is 14.2. The number of hydrogen-bond acceptors (Lipinski definition) is 3. The van der Waals surface area contributed by atoms with Crippen LogP contribution < -0.4 is 5.32 Å². The Bertz CT molecular complexity index is 848. The molecule has 0 saturated heterocycles. The molecule has 6 heteroatoms. The van der Waals surface area contributed by atoms with Gasteiger partial charge in [0.15, 0.2) is 0 Å². The normalized spacial score (nSPS) is 10.3. The molecule has 25 heavy (non-hydrogen) atoms. The van der Waals surface area contributed by atoms with E-state index in [9.17, 15) is 13.6 Å². The molecule has 2 aromatic carbocycles. The predicted molar refractivity (Wildman–Crippen MR) is 89.8 cm³/mol. The third-order valence-electron chi connectivity index (χ3n) is 3.47. The molecule has 4 nitrogen and oxygen atoms in total. The first kappa shape index (κ1) is 16.6. The highest BCUT2D eigenvalue weighted by molar-refractivity contribution is 5.85. The van der Waals surface area contributed by atoms with Gasteiger partial charge in [-0.2, -0.15) is 0 Å². The maximum atomic E-state index is 14.2. The summed E-state index contributed by atoms with van der Waals surface area (Å²) >= 11 is 0. The van der Waals surface area contributed by atoms with E-state index in [1.54, 1.807) is 12.1 Å². The number of carbonyl (C=O) groups excluding carboxylic acids is 1. The lowest BCUT2D eigenvalue weighted by Crippen LogP contribution is -2.14. The van der Waals surface area contributed by atoms with Crippen LogP contribution in [0.1, 0.15) is 5.56 Å². The largest absolute Gasteiger partial charge is 0.444 e. The molecule has 0 bridgehead atoms. The van der Waals surface area contributed by atoms with Crippen molar-refractivity contribution in [1.82, 2.24) is 4.98 Å². The first-order valence-electron chi connectivity index (χ1n) is 7.50. The van der Waals surface area contributed by atoms with E-state index in [4.69, 9.17) is 4.74 Å². The third-order valence-corrected chi connectivity index (χ3v) is 3.47. The van der Waals surface area contributed by atoms with E-state index in [1.807, 2.05) is 18.2 Å². The van der Waals surface area contributed by atoms with Crippen molar-refractivity contribution in [2.45, 2.75) is 6.61 Å². The van der Waals surface area contributed by atoms with Crippen molar-refractivity contribution in [1.29, 1.82) is 0 Å². The topological polar surface area (TPSA) is 51.2 Å². The molecule has 1 aromatic heterocycles. The zero-order valence-corrected chi connectivity index (χ0v) is 13.1. The first-order chi connectivity index (χ1) is 12.1. The van der Waals surface area contributed by atoms with Crippen LogP contribution in [0.5, 0.6) is 0 Å². The van der Waals surface area contributed by atoms with Gasteiger partial charge in [0, 0.05) is 18.1 Å². The average Bonchev–Trinajstić information content (AvgIpc) is 2.61. The second-order valence-corrected chi connectivity index (χ2v) is 5.24. The van der Waals surface area contributed by atoms with Gasteiger partial charge in [-0.15, -0.1) is 0 Å². The van der Waals surface area contributed by atoms with Crippen molar-refractivity contribution in [2.75, 3.05) is 5.32 Å². The number of halogens is 2. The Morgan fingerprint density at radius 2 is 1.64 bits per heavy atom. The van der Waals surface area contributed by atoms with Gasteiger partial charge >= 0.3 is 6.09 Å². The van der Waals surface area contributed by atoms with E-state index in [1.165, 1.54) is 24.5 Å². The van der Waals surface area contributed by atoms with Crippen LogP contribution in [-0.2, 0) is 11.3 Å². The summed E-state index contributed by atoms with van der Waals surface area (Å²) < 4.78 is 33.5. The number of nitrogens with zero attached hydrogens (tertiary/aromatic N) is 1. The zero-order chi connectivity index (χ0) is 17.6. The molecule has 1 heterocycles. The number of carbonyl (C=O) groups is 1. The molecule has 0 aliphatic carbocycles. The van der Waals surface area contributed by atoms with Gasteiger partial charge in [-0.25, -0.2) is 13.6 Å². The molecule has 0 radical (unpaired) electrons. The molecule has 1 amide bonds. The molecule has 0 aliphatic rings. The minimum atomic E-state index is -0.792. The van der Waals surface area contributed by atoms with E-state index in [2.05, 4.69) is 10.3 Å². The number of amides is 1. The molecule has 0 spiro atoms. The van der Waals surface area contributed by atoms with Crippen LogP contribution >= 0.6 is 0 Å². The summed E-state index contributed by atoms with van der Waals surface area (Å²) in [5.74, 6) is -1.57. The van der Waals surface area contributed by atoms with E-state index < -0.39 is 17.7 Å². The summed E-state index contributed by atoms with van der Waals surface area (Å²) in [7, 11) is 0. The molecule has 0 fully saturated rings. The summed E-state index contributed by atoms with van der Waals surface area (Å²) in [4.78, 5) is 15.6. The van der Waals surface area contributed by atoms with E-state index in [0.29, 0.717) is 5.56 Å². The third kappa shape index (κ3) is 4.17. The van der Waals surface area contributed by atoms with Crippen LogP contribution in [0.3, 0.4) is 0 Å². The minimum Gasteiger partial charge on any atom is -0.444 e. The fourth-order valence-electron chi connectivity index (χ4n) is 2.32. The van der Waals surface area contributed by atoms with Gasteiger partial charge in [0.05, 0.1) is 5.56 Å². The predicted octanol–water partition coefficient (Wildman–Crippen LogP) is 4.78. The monoisotopic (exact) mass is 340 g/mol. The number of anilines is 1. The van der Waals surface area contributed by atoms with Gasteiger partial charge in [-0.05, 0) is 35.4 Å². The van der Waals surface area contributed by atoms with Crippen LogP contribution in [0.4, 0.5) is 19.3 Å². The van der Waals surface area contributed by atoms with E-state index >= 15 is 0 Å². The Hall–Kier alpha value is -3.28. The zero-order valence-electron chi connectivity index (χ0n) is 13.1. The molecule has 0 unspecified atom stereocenters. The summed E-state index contributed by atoms with van der Waals surface area (Å²) in [5.41, 5.74) is 0.975. The van der Waals surface area contributed by atoms with Crippen LogP contribution in [0.25, 0.3) is 11.1 Å². The Labute approximate surface area is 143 Å². The Balaban J connectivity index is 1.70. The van der Waals surface area contributed by atoms with E-state index in [-0.39, 0.29) is 17.9 Å². The summed E-state index contributed by atoms with van der Waals surface area (Å²) in [6.45, 7) is 0.0622. The number of nitrogens with one attached hydrogen (secondary N) is 1. The summed E-state index contributed by atoms with van der Waals surface area (Å²) in [6.07, 6.45) is 2.10. The molecule has 0 aliphatic heterocycles. The number of aromatic nitrogens is 1. The molecular weight excluding hydrogens is 326 g/mol. The van der Waals surface area contributed by atoms with Gasteiger partial charge in [-0.3, -0.25) is 10.3 Å². The number of pyridine rings is 1. The van der Waals surface area contributed by atoms with E-state index in [0.717, 1.165) is 17.7 Å². The first-order valence-corrected chi connectivity index (χ1v) is 7.50. The molecule has 126 valence electrons. The second-order valence-electron chi connectivity index (χ2n) is 5.24. The van der Waals surface area contributed by atoms with Crippen LogP contribution in [0, 0.1) is 11.6 Å². The fraction of sp³-hybridized carbons (Fsp3) is 0.0526. The number of rotatable bonds is 4. The van der Waals surface area contributed by atoms with Crippen molar-refractivity contribution in [2.24, 2.45) is 0 Å². The van der Waals surface area contributed by atoms with Gasteiger partial charge < -0.3 is 4.74 Å². The molecular formula is C19H14F2N2O2. The molecule has 0 atom stereocenters. The molecule has 1 N–H and O–H groups in total. The SMILES string of the molecule is O=C(Nc1cc(F)c(-c2ccncc2)c(F)c1)OCc1ccccc1. The van der Waals surface area contributed by atoms with Gasteiger partial charge in [0.25, 0.3) is 0 Å². The lowest BCUT2D eigenvalue weighted by molar-refractivity contribution is 0.155. The number of hydrogen-bond donors (Lipinski definition) is 1. The van der Waals surface area contributed by atoms with Crippen molar-refractivity contribution < 1.29 is 18.3 Å². The quantitative estimate of drug-likeness (QED) is 0.744. The van der Waals surface area contributed by atoms with Crippen molar-refractivity contribution in [3.05, 3.63) is 84.2 Å². The maximum Gasteiger partial charge on any atom is 0.411 e. The van der Waals surface area contributed by atoms with Crippen LogP contribution in [0.15, 0.2) is 67.0 Å². The fourth-order valence-corrected chi connectivity index (χ4v) is 2.32. The number of benzene rings is 2. The highest BCUT2D eigenvalue weighted by Crippen LogP contribution is 2.28. The molecule has 3 rings (SSSR count). The summed E-state index contributed by atoms with van der Waals surface area (Å²) in [5, 5.41) is 2.32. The average molecular weight is 340 g/mol. The van der Waals surface area contributed by atoms with Gasteiger partial charge in [-0.1, -0.05) is 30.3 Å². The smallest absolute Gasteiger partial charge is 0.411 e. The lowest BCUT2D eigenvalue weighted by Gasteiger charge is -2.10. The standard InChI is InChI=1S/C19H14F2N2O2/c20-16-10-15(11-17(21)18(16)14-6-8-22-9-7-14)23-19(24)25-12-13-4-2-1-3-5-13/h1-11H,12H2,(H,23,24). The minimum absolute atomic E-state index is 0.0223. The van der Waals surface area contributed by atoms with Gasteiger partial charge in [0.1, 0.15) is 18.2 Å². The van der Waals surface area contributed by atoms with Crippen molar-refractivity contribution in [3.8, 4) is 11.1 Å². The molecule has 3 aromatic rings. The van der Waals surface area contributed by atoms with Crippen LogP contribution in [0.2, 0.25) is 0 Å².